The quantitative estimate of drug-likeness (QED) is 0.290. The van der Waals surface area contributed by atoms with Crippen LogP contribution in [0.5, 0.6) is 0 Å². The van der Waals surface area contributed by atoms with Crippen molar-refractivity contribution in [2.75, 3.05) is 0 Å². The molecule has 0 heterocycles. The van der Waals surface area contributed by atoms with Gasteiger partial charge >= 0.3 is 170 Å². The fourth-order valence-corrected chi connectivity index (χ4v) is 0. The molecule has 0 aliphatic heterocycles. The monoisotopic (exact) mass is 136 g/mol. The molecule has 0 amide bonds. The maximum atomic E-state index is 0. The van der Waals surface area contributed by atoms with Gasteiger partial charge in [-0.15, -0.1) is 0 Å². The minimum absolute atomic E-state index is 0. The van der Waals surface area contributed by atoms with Gasteiger partial charge in [0.1, 0.15) is 0 Å². The maximum absolute atomic E-state index is 0. The summed E-state index contributed by atoms with van der Waals surface area (Å²) < 4.78 is 0. The molecule has 0 spiro atoms. The summed E-state index contributed by atoms with van der Waals surface area (Å²) in [6.45, 7) is 0. The van der Waals surface area contributed by atoms with Gasteiger partial charge in [-0.2, -0.15) is 0 Å². The first-order chi connectivity index (χ1) is 0. The van der Waals surface area contributed by atoms with E-state index in [0.29, 0.717) is 0 Å². The molecule has 0 nitrogen and oxygen atoms in total. The van der Waals surface area contributed by atoms with E-state index in [1.807, 2.05) is 0 Å². The molecule has 0 unspecified atom stereocenters. The van der Waals surface area contributed by atoms with Crippen LogP contribution in [0.15, 0.2) is 0 Å². The molecule has 0 fully saturated rings. The Morgan fingerprint density at radius 1 is 0.600 bits per heavy atom. The van der Waals surface area contributed by atoms with Gasteiger partial charge in [0.05, 0.1) is 0 Å². The van der Waals surface area contributed by atoms with Crippen LogP contribution >= 0.6 is 0 Å². The summed E-state index contributed by atoms with van der Waals surface area (Å²) in [5.41, 5.74) is 0. The Bertz CT molecular complexity index is 13.6. The Labute approximate surface area is 171 Å². The summed E-state index contributed by atoms with van der Waals surface area (Å²) in [5, 5.41) is 0. The summed E-state index contributed by atoms with van der Waals surface area (Å²) in [7, 11) is 0. The fourth-order valence-electron chi connectivity index (χ4n) is 0. The Balaban J connectivity index is 0. The Kier molecular flexibility index (Phi) is 141. The molecule has 0 aromatic carbocycles. The first kappa shape index (κ1) is 31.1. The molecule has 0 rings (SSSR count). The molecule has 0 aromatic rings. The zero-order valence-electron chi connectivity index (χ0n) is 10.0. The molecule has 0 N–H and O–H groups in total. The van der Waals surface area contributed by atoms with Crippen LogP contribution in [-0.4, -0.2) is 0 Å². The van der Waals surface area contributed by atoms with Crippen molar-refractivity contribution in [2.24, 2.45) is 0 Å². The Hall–Kier alpha value is 5.64. The normalized spacial score (nSPS) is 0. The summed E-state index contributed by atoms with van der Waals surface area (Å²) in [5.74, 6) is 0. The molecule has 0 saturated carbocycles. The Morgan fingerprint density at radius 2 is 0.600 bits per heavy atom. The summed E-state index contributed by atoms with van der Waals surface area (Å²) in [6.07, 6.45) is 0. The van der Waals surface area contributed by atoms with Crippen molar-refractivity contribution in [3.63, 3.8) is 0 Å². The molecule has 0 aliphatic carbocycles. The van der Waals surface area contributed by atoms with Gasteiger partial charge in [0.2, 0.25) is 0 Å². The molecule has 0 aromatic heterocycles. The Morgan fingerprint density at radius 3 is 0.600 bits per heavy atom. The van der Waals surface area contributed by atoms with Crippen molar-refractivity contribution in [3.8, 4) is 0 Å². The van der Waals surface area contributed by atoms with E-state index in [1.54, 1.807) is 0 Å². The van der Waals surface area contributed by atoms with Crippen LogP contribution < -0.4 is 170 Å². The second-order valence-electron chi connectivity index (χ2n) is 0. The van der Waals surface area contributed by atoms with Crippen molar-refractivity contribution in [1.82, 2.24) is 0 Å². The predicted molar refractivity (Wildman–Crippen MR) is 5.56 cm³/mol. The van der Waals surface area contributed by atoms with E-state index in [1.165, 1.54) is 0 Å². The molecular formula is H5KNa4. The second-order valence-corrected chi connectivity index (χ2v) is 0. The van der Waals surface area contributed by atoms with Crippen LogP contribution in [0.25, 0.3) is 0 Å². The van der Waals surface area contributed by atoms with Gasteiger partial charge in [-0.3, -0.25) is 0 Å². The average molecular weight is 136 g/mol. The van der Waals surface area contributed by atoms with Gasteiger partial charge in [0, 0.05) is 0 Å². The van der Waals surface area contributed by atoms with Crippen molar-refractivity contribution in [3.05, 3.63) is 0 Å². The fraction of sp³-hybridized carbons (Fsp3) is 0. The molecule has 10 valence electrons. The van der Waals surface area contributed by atoms with Crippen LogP contribution in [0, 0.1) is 0 Å². The van der Waals surface area contributed by atoms with Crippen LogP contribution in [0.4, 0.5) is 0 Å². The summed E-state index contributed by atoms with van der Waals surface area (Å²) in [6, 6.07) is 0. The first-order valence-electron chi connectivity index (χ1n) is 0. The van der Waals surface area contributed by atoms with E-state index in [2.05, 4.69) is 0 Å². The third-order valence-corrected chi connectivity index (χ3v) is 0. The van der Waals surface area contributed by atoms with Crippen molar-refractivity contribution >= 4 is 0 Å². The molecule has 0 atom stereocenters. The molecule has 5 heavy (non-hydrogen) atoms. The van der Waals surface area contributed by atoms with E-state index < -0.39 is 0 Å². The van der Waals surface area contributed by atoms with E-state index in [9.17, 15) is 0 Å². The third-order valence-electron chi connectivity index (χ3n) is 0. The predicted octanol–water partition coefficient (Wildman–Crippen LogP) is -14.4. The standard InChI is InChI=1S/K.4Na.5H/q5*+1;5*-1. The topological polar surface area (TPSA) is 0 Å². The molecular weight excluding hydrogens is 131 g/mol. The first-order valence-corrected chi connectivity index (χ1v) is 0. The van der Waals surface area contributed by atoms with Crippen LogP contribution in [0.1, 0.15) is 7.13 Å². The largest absolute Gasteiger partial charge is 1.00 e. The van der Waals surface area contributed by atoms with Gasteiger partial charge in [0.15, 0.2) is 0 Å². The van der Waals surface area contributed by atoms with E-state index in [-0.39, 0.29) is 177 Å². The summed E-state index contributed by atoms with van der Waals surface area (Å²) >= 11 is 0. The van der Waals surface area contributed by atoms with Crippen molar-refractivity contribution in [2.45, 2.75) is 0 Å². The maximum Gasteiger partial charge on any atom is 1.00 e. The second kappa shape index (κ2) is 22.6. The van der Waals surface area contributed by atoms with E-state index in [0.717, 1.165) is 0 Å². The van der Waals surface area contributed by atoms with Crippen LogP contribution in [0.3, 0.4) is 0 Å². The third kappa shape index (κ3) is 17.7. The summed E-state index contributed by atoms with van der Waals surface area (Å²) in [4.78, 5) is 0. The van der Waals surface area contributed by atoms with E-state index in [4.69, 9.17) is 0 Å². The zero-order chi connectivity index (χ0) is 0. The minimum Gasteiger partial charge on any atom is -1.00 e. The van der Waals surface area contributed by atoms with Crippen LogP contribution in [-0.2, 0) is 0 Å². The molecule has 5 heteroatoms. The smallest absolute Gasteiger partial charge is 1.00 e. The molecule has 0 radical (unpaired) electrons. The van der Waals surface area contributed by atoms with E-state index >= 15 is 0 Å². The molecule has 0 aliphatic rings. The minimum atomic E-state index is 0. The zero-order valence-corrected chi connectivity index (χ0v) is 16.1. The average Bonchev–Trinajstić information content (AvgIpc) is 0. The van der Waals surface area contributed by atoms with Crippen LogP contribution in [0.2, 0.25) is 0 Å². The van der Waals surface area contributed by atoms with Crippen molar-refractivity contribution < 1.29 is 177 Å². The van der Waals surface area contributed by atoms with Gasteiger partial charge in [0.25, 0.3) is 0 Å². The van der Waals surface area contributed by atoms with Gasteiger partial charge in [-0.25, -0.2) is 0 Å². The van der Waals surface area contributed by atoms with Gasteiger partial charge < -0.3 is 7.13 Å². The SMILES string of the molecule is [H-].[H-].[H-].[H-].[H-].[K+].[Na+].[Na+].[Na+].[Na+]. The molecule has 0 saturated heterocycles. The number of rotatable bonds is 0. The number of hydrogen-bond donors (Lipinski definition) is 0. The van der Waals surface area contributed by atoms with Gasteiger partial charge in [-0.1, -0.05) is 0 Å². The molecule has 0 bridgehead atoms. The number of hydrogen-bond acceptors (Lipinski definition) is 0. The van der Waals surface area contributed by atoms with Crippen molar-refractivity contribution in [1.29, 1.82) is 0 Å². The van der Waals surface area contributed by atoms with Gasteiger partial charge in [-0.05, 0) is 0 Å².